The second-order valence-electron chi connectivity index (χ2n) is 5.69. The first-order chi connectivity index (χ1) is 9.06. The molecular weight excluding hydrogens is 244 g/mol. The fraction of sp³-hybridized carbons (Fsp3) is 0.643. The lowest BCUT2D eigenvalue weighted by Gasteiger charge is -2.35. The van der Waals surface area contributed by atoms with Crippen molar-refractivity contribution in [3.63, 3.8) is 0 Å². The van der Waals surface area contributed by atoms with E-state index in [4.69, 9.17) is 4.74 Å². The third-order valence-electron chi connectivity index (χ3n) is 4.52. The number of fused-ring (bicyclic) bond motifs is 2. The molecule has 0 radical (unpaired) electrons. The standard InChI is InChI=1S/C14H20N2O3/c1-15-5-3-4-11(15)14(18)19-10-6-9-7-13(17)12(8-10)16(9)2/h3-5,9-10,12-13,17H,6-8H2,1-2H3/t9-,10-,12+,13-/m0/s1. The molecule has 19 heavy (non-hydrogen) atoms. The molecule has 2 aliphatic heterocycles. The fourth-order valence-electron chi connectivity index (χ4n) is 3.38. The molecule has 104 valence electrons. The van der Waals surface area contributed by atoms with Crippen LogP contribution >= 0.6 is 0 Å². The van der Waals surface area contributed by atoms with E-state index in [0.29, 0.717) is 11.7 Å². The van der Waals surface area contributed by atoms with Crippen molar-refractivity contribution in [2.75, 3.05) is 7.05 Å². The van der Waals surface area contributed by atoms with Crippen LogP contribution in [0.1, 0.15) is 29.8 Å². The maximum absolute atomic E-state index is 12.1. The molecule has 2 aliphatic rings. The third-order valence-corrected chi connectivity index (χ3v) is 4.52. The highest BCUT2D eigenvalue weighted by Crippen LogP contribution is 2.36. The Labute approximate surface area is 112 Å². The number of likely N-dealkylation sites (N-methyl/N-ethyl adjacent to an activating group) is 1. The molecule has 5 nitrogen and oxygen atoms in total. The fourth-order valence-corrected chi connectivity index (χ4v) is 3.38. The predicted octanol–water partition coefficient (Wildman–Crippen LogP) is 0.778. The molecule has 0 saturated carbocycles. The molecule has 0 spiro atoms. The van der Waals surface area contributed by atoms with Crippen molar-refractivity contribution in [1.82, 2.24) is 9.47 Å². The van der Waals surface area contributed by atoms with Gasteiger partial charge in [0.1, 0.15) is 11.8 Å². The quantitative estimate of drug-likeness (QED) is 0.802. The van der Waals surface area contributed by atoms with Crippen LogP contribution in [0, 0.1) is 0 Å². The van der Waals surface area contributed by atoms with Gasteiger partial charge in [0.25, 0.3) is 0 Å². The van der Waals surface area contributed by atoms with E-state index < -0.39 is 0 Å². The summed E-state index contributed by atoms with van der Waals surface area (Å²) in [7, 11) is 3.87. The first-order valence-electron chi connectivity index (χ1n) is 6.78. The zero-order chi connectivity index (χ0) is 13.6. The number of nitrogens with zero attached hydrogens (tertiary/aromatic N) is 2. The SMILES string of the molecule is CN1[C@H]2C[C@H](OC(=O)c3cccn3C)C[C@@H]1[C@@H](O)C2. The number of carbonyl (C=O) groups is 1. The molecule has 2 fully saturated rings. The molecule has 2 saturated heterocycles. The summed E-state index contributed by atoms with van der Waals surface area (Å²) in [6.45, 7) is 0. The molecule has 1 N–H and O–H groups in total. The molecule has 5 heteroatoms. The van der Waals surface area contributed by atoms with Crippen LogP contribution in [-0.4, -0.2) is 51.9 Å². The highest BCUT2D eigenvalue weighted by Gasteiger charge is 2.45. The van der Waals surface area contributed by atoms with Gasteiger partial charge in [0, 0.05) is 38.2 Å². The van der Waals surface area contributed by atoms with E-state index in [1.54, 1.807) is 10.6 Å². The van der Waals surface area contributed by atoms with Crippen LogP contribution in [0.3, 0.4) is 0 Å². The van der Waals surface area contributed by atoms with Crippen LogP contribution in [0.5, 0.6) is 0 Å². The van der Waals surface area contributed by atoms with Gasteiger partial charge in [-0.25, -0.2) is 4.79 Å². The molecule has 4 atom stereocenters. The molecule has 1 aromatic heterocycles. The lowest BCUT2D eigenvalue weighted by Crippen LogP contribution is -2.45. The minimum Gasteiger partial charge on any atom is -0.458 e. The number of rotatable bonds is 2. The summed E-state index contributed by atoms with van der Waals surface area (Å²) < 4.78 is 7.36. The maximum Gasteiger partial charge on any atom is 0.355 e. The van der Waals surface area contributed by atoms with Gasteiger partial charge in [-0.1, -0.05) is 0 Å². The Hall–Kier alpha value is -1.33. The summed E-state index contributed by atoms with van der Waals surface area (Å²) in [5.41, 5.74) is 0.576. The normalized spacial score (nSPS) is 34.5. The van der Waals surface area contributed by atoms with Crippen molar-refractivity contribution < 1.29 is 14.6 Å². The topological polar surface area (TPSA) is 54.7 Å². The summed E-state index contributed by atoms with van der Waals surface area (Å²) >= 11 is 0. The number of piperidine rings is 1. The van der Waals surface area contributed by atoms with E-state index in [9.17, 15) is 9.90 Å². The number of esters is 1. The van der Waals surface area contributed by atoms with Gasteiger partial charge in [0.2, 0.25) is 0 Å². The van der Waals surface area contributed by atoms with Crippen LogP contribution in [0.2, 0.25) is 0 Å². The minimum atomic E-state index is -0.284. The van der Waals surface area contributed by atoms with Crippen LogP contribution in [0.4, 0.5) is 0 Å². The lowest BCUT2D eigenvalue weighted by atomic mass is 10.0. The van der Waals surface area contributed by atoms with Crippen LogP contribution in [0.15, 0.2) is 18.3 Å². The number of hydrogen-bond donors (Lipinski definition) is 1. The molecular formula is C14H20N2O3. The Morgan fingerprint density at radius 3 is 2.79 bits per heavy atom. The van der Waals surface area contributed by atoms with Crippen LogP contribution < -0.4 is 0 Å². The first kappa shape index (κ1) is 12.7. The lowest BCUT2D eigenvalue weighted by molar-refractivity contribution is -0.00906. The summed E-state index contributed by atoms with van der Waals surface area (Å²) in [6, 6.07) is 4.06. The maximum atomic E-state index is 12.1. The van der Waals surface area contributed by atoms with Crippen molar-refractivity contribution in [2.45, 2.75) is 43.6 Å². The van der Waals surface area contributed by atoms with Gasteiger partial charge in [-0.05, 0) is 25.6 Å². The Bertz CT molecular complexity index is 485. The van der Waals surface area contributed by atoms with Gasteiger partial charge >= 0.3 is 5.97 Å². The molecule has 2 bridgehead atoms. The Balaban J connectivity index is 1.66. The molecule has 3 rings (SSSR count). The zero-order valence-corrected chi connectivity index (χ0v) is 11.3. The van der Waals surface area contributed by atoms with Gasteiger partial charge in [-0.15, -0.1) is 0 Å². The number of carbonyl (C=O) groups excluding carboxylic acids is 1. The number of hydrogen-bond acceptors (Lipinski definition) is 4. The molecule has 0 unspecified atom stereocenters. The van der Waals surface area contributed by atoms with E-state index >= 15 is 0 Å². The zero-order valence-electron chi connectivity index (χ0n) is 11.3. The van der Waals surface area contributed by atoms with E-state index in [1.165, 1.54) is 0 Å². The minimum absolute atomic E-state index is 0.0780. The second-order valence-corrected chi connectivity index (χ2v) is 5.69. The monoisotopic (exact) mass is 264 g/mol. The van der Waals surface area contributed by atoms with E-state index in [1.807, 2.05) is 26.4 Å². The van der Waals surface area contributed by atoms with Crippen molar-refractivity contribution in [2.24, 2.45) is 7.05 Å². The predicted molar refractivity (Wildman–Crippen MR) is 69.8 cm³/mol. The van der Waals surface area contributed by atoms with Gasteiger partial charge in [0.15, 0.2) is 0 Å². The summed E-state index contributed by atoms with van der Waals surface area (Å²) in [5.74, 6) is -0.268. The van der Waals surface area contributed by atoms with Crippen molar-refractivity contribution in [1.29, 1.82) is 0 Å². The highest BCUT2D eigenvalue weighted by atomic mass is 16.5. The summed E-state index contributed by atoms with van der Waals surface area (Å²) in [4.78, 5) is 14.3. The molecule has 0 aromatic carbocycles. The number of ether oxygens (including phenoxy) is 1. The first-order valence-corrected chi connectivity index (χ1v) is 6.78. The number of aromatic nitrogens is 1. The summed E-state index contributed by atoms with van der Waals surface area (Å²) in [5, 5.41) is 9.96. The van der Waals surface area contributed by atoms with Gasteiger partial charge in [-0.3, -0.25) is 4.90 Å². The molecule has 1 aromatic rings. The van der Waals surface area contributed by atoms with E-state index in [0.717, 1.165) is 19.3 Å². The van der Waals surface area contributed by atoms with Crippen molar-refractivity contribution >= 4 is 5.97 Å². The molecule has 0 amide bonds. The number of aliphatic hydroxyl groups excluding tert-OH is 1. The van der Waals surface area contributed by atoms with E-state index in [-0.39, 0.29) is 24.2 Å². The van der Waals surface area contributed by atoms with Crippen molar-refractivity contribution in [3.8, 4) is 0 Å². The van der Waals surface area contributed by atoms with E-state index in [2.05, 4.69) is 4.90 Å². The Morgan fingerprint density at radius 1 is 1.37 bits per heavy atom. The largest absolute Gasteiger partial charge is 0.458 e. The summed E-state index contributed by atoms with van der Waals surface area (Å²) in [6.07, 6.45) is 3.81. The molecule has 3 heterocycles. The van der Waals surface area contributed by atoms with Crippen molar-refractivity contribution in [3.05, 3.63) is 24.0 Å². The number of aryl methyl sites for hydroxylation is 1. The highest BCUT2D eigenvalue weighted by molar-refractivity contribution is 5.87. The van der Waals surface area contributed by atoms with Crippen LogP contribution in [0.25, 0.3) is 0 Å². The molecule has 0 aliphatic carbocycles. The van der Waals surface area contributed by atoms with Gasteiger partial charge in [-0.2, -0.15) is 0 Å². The van der Waals surface area contributed by atoms with Gasteiger partial charge < -0.3 is 14.4 Å². The Kier molecular flexibility index (Phi) is 3.11. The van der Waals surface area contributed by atoms with Crippen LogP contribution in [-0.2, 0) is 11.8 Å². The average Bonchev–Trinajstić information content (AvgIpc) is 2.83. The third kappa shape index (κ3) is 2.17. The Morgan fingerprint density at radius 2 is 2.16 bits per heavy atom. The number of aliphatic hydroxyl groups is 1. The van der Waals surface area contributed by atoms with Gasteiger partial charge in [0.05, 0.1) is 6.10 Å². The average molecular weight is 264 g/mol. The smallest absolute Gasteiger partial charge is 0.355 e. The second kappa shape index (κ2) is 4.65.